The lowest BCUT2D eigenvalue weighted by molar-refractivity contribution is -0.176. The summed E-state index contributed by atoms with van der Waals surface area (Å²) in [4.78, 5) is 0. The normalized spacial score (nSPS) is 18.7. The van der Waals surface area contributed by atoms with Gasteiger partial charge < -0.3 is 9.47 Å². The van der Waals surface area contributed by atoms with Gasteiger partial charge in [0.1, 0.15) is 5.82 Å². The van der Waals surface area contributed by atoms with E-state index < -0.39 is 11.6 Å². The summed E-state index contributed by atoms with van der Waals surface area (Å²) in [5.41, 5.74) is 3.02. The molecule has 2 nitrogen and oxygen atoms in total. The lowest BCUT2D eigenvalue weighted by atomic mass is 9.95. The molecule has 0 saturated carbocycles. The average Bonchev–Trinajstić information content (AvgIpc) is 2.83. The van der Waals surface area contributed by atoms with Gasteiger partial charge in [0.2, 0.25) is 0 Å². The molecule has 1 aliphatic heterocycles. The number of hydrogen-bond acceptors (Lipinski definition) is 2. The molecule has 0 atom stereocenters. The van der Waals surface area contributed by atoms with Crippen molar-refractivity contribution in [2.24, 2.45) is 0 Å². The van der Waals surface area contributed by atoms with Crippen LogP contribution >= 0.6 is 0 Å². The second-order valence-electron chi connectivity index (χ2n) is 8.26. The third kappa shape index (κ3) is 5.21. The predicted molar refractivity (Wildman–Crippen MR) is 124 cm³/mol. The molecule has 0 N–H and O–H groups in total. The minimum atomic E-state index is -0.859. The number of hydrogen-bond donors (Lipinski definition) is 0. The van der Waals surface area contributed by atoms with Gasteiger partial charge in [-0.1, -0.05) is 60.7 Å². The van der Waals surface area contributed by atoms with Gasteiger partial charge in [-0.15, -0.1) is 0 Å². The topological polar surface area (TPSA) is 18.5 Å². The Bertz CT molecular complexity index is 1130. The fourth-order valence-corrected chi connectivity index (χ4v) is 4.05. The van der Waals surface area contributed by atoms with Gasteiger partial charge in [0, 0.05) is 17.0 Å². The van der Waals surface area contributed by atoms with Crippen LogP contribution in [0.25, 0.3) is 22.3 Å². The van der Waals surface area contributed by atoms with Crippen LogP contribution in [0.15, 0.2) is 66.7 Å². The maximum absolute atomic E-state index is 14.9. The summed E-state index contributed by atoms with van der Waals surface area (Å²) in [5, 5.41) is 0. The fourth-order valence-electron chi connectivity index (χ4n) is 4.05. The second kappa shape index (κ2) is 10.4. The van der Waals surface area contributed by atoms with Crippen molar-refractivity contribution >= 4 is 0 Å². The van der Waals surface area contributed by atoms with E-state index in [0.717, 1.165) is 5.56 Å². The van der Waals surface area contributed by atoms with Crippen LogP contribution < -0.4 is 0 Å². The van der Waals surface area contributed by atoms with Crippen LogP contribution in [0.4, 0.5) is 13.2 Å². The van der Waals surface area contributed by atoms with E-state index >= 15 is 0 Å². The summed E-state index contributed by atoms with van der Waals surface area (Å²) in [6, 6.07) is 15.2. The van der Waals surface area contributed by atoms with Gasteiger partial charge in [0.15, 0.2) is 17.9 Å². The van der Waals surface area contributed by atoms with Crippen LogP contribution in [-0.4, -0.2) is 19.5 Å². The Morgan fingerprint density at radius 3 is 2.12 bits per heavy atom. The van der Waals surface area contributed by atoms with Crippen molar-refractivity contribution in [3.63, 3.8) is 0 Å². The molecule has 172 valence electrons. The van der Waals surface area contributed by atoms with Crippen molar-refractivity contribution in [3.05, 3.63) is 95.3 Å². The first kappa shape index (κ1) is 23.3. The standard InChI is InChI=1S/C28H27F3O2/c1-3-4-5-6-21-11-14-25(28(31)27(21)30)20-9-7-19(8-10-20)24-13-12-22(15-26(24)29)23-16-32-18(2)33-17-23/h3-4,7-15,18,23H,5-6,16-17H2,1-2H3/b4-3+. The summed E-state index contributed by atoms with van der Waals surface area (Å²) >= 11 is 0. The largest absolute Gasteiger partial charge is 0.352 e. The average molecular weight is 453 g/mol. The van der Waals surface area contributed by atoms with Crippen molar-refractivity contribution in [3.8, 4) is 22.3 Å². The summed E-state index contributed by atoms with van der Waals surface area (Å²) in [7, 11) is 0. The first-order chi connectivity index (χ1) is 16.0. The van der Waals surface area contributed by atoms with E-state index in [1.54, 1.807) is 42.5 Å². The predicted octanol–water partition coefficient (Wildman–Crippen LogP) is 7.42. The molecule has 1 saturated heterocycles. The van der Waals surface area contributed by atoms with Crippen LogP contribution in [0, 0.1) is 17.5 Å². The minimum Gasteiger partial charge on any atom is -0.352 e. The number of benzene rings is 3. The van der Waals surface area contributed by atoms with Gasteiger partial charge in [-0.3, -0.25) is 0 Å². The highest BCUT2D eigenvalue weighted by Crippen LogP contribution is 2.32. The van der Waals surface area contributed by atoms with E-state index in [1.807, 2.05) is 32.1 Å². The van der Waals surface area contributed by atoms with Crippen molar-refractivity contribution in [2.45, 2.75) is 38.9 Å². The van der Waals surface area contributed by atoms with Gasteiger partial charge in [-0.25, -0.2) is 13.2 Å². The highest BCUT2D eigenvalue weighted by atomic mass is 19.2. The van der Waals surface area contributed by atoms with Gasteiger partial charge in [0.25, 0.3) is 0 Å². The number of aryl methyl sites for hydroxylation is 1. The van der Waals surface area contributed by atoms with E-state index in [9.17, 15) is 13.2 Å². The van der Waals surface area contributed by atoms with Crippen LogP contribution in [-0.2, 0) is 15.9 Å². The molecule has 0 bridgehead atoms. The van der Waals surface area contributed by atoms with Crippen LogP contribution in [0.2, 0.25) is 0 Å². The summed E-state index contributed by atoms with van der Waals surface area (Å²) < 4.78 is 55.1. The molecule has 4 rings (SSSR count). The molecule has 0 aliphatic carbocycles. The first-order valence-corrected chi connectivity index (χ1v) is 11.2. The lowest BCUT2D eigenvalue weighted by Crippen LogP contribution is -2.28. The lowest BCUT2D eigenvalue weighted by Gasteiger charge is -2.27. The SMILES string of the molecule is C/C=C/CCc1ccc(-c2ccc(-c3ccc(C4COC(C)OC4)cc3F)cc2)c(F)c1F. The molecule has 0 radical (unpaired) electrons. The minimum absolute atomic E-state index is 0.00837. The van der Waals surface area contributed by atoms with Gasteiger partial charge in [-0.2, -0.15) is 0 Å². The monoisotopic (exact) mass is 452 g/mol. The maximum atomic E-state index is 14.9. The Kier molecular flexibility index (Phi) is 7.31. The van der Waals surface area contributed by atoms with Crippen molar-refractivity contribution < 1.29 is 22.6 Å². The molecule has 5 heteroatoms. The van der Waals surface area contributed by atoms with Crippen molar-refractivity contribution in [1.29, 1.82) is 0 Å². The summed E-state index contributed by atoms with van der Waals surface area (Å²) in [5.74, 6) is -2.03. The van der Waals surface area contributed by atoms with E-state index in [1.165, 1.54) is 6.07 Å². The summed E-state index contributed by atoms with van der Waals surface area (Å²) in [6.45, 7) is 4.71. The molecule has 1 fully saturated rings. The van der Waals surface area contributed by atoms with Crippen LogP contribution in [0.5, 0.6) is 0 Å². The molecule has 0 amide bonds. The summed E-state index contributed by atoms with van der Waals surface area (Å²) in [6.07, 6.45) is 4.67. The molecule has 1 aliphatic rings. The molecular formula is C28H27F3O2. The molecule has 3 aromatic carbocycles. The Hall–Kier alpha value is -2.89. The fraction of sp³-hybridized carbons (Fsp3) is 0.286. The number of halogens is 3. The van der Waals surface area contributed by atoms with E-state index in [-0.39, 0.29) is 23.6 Å². The zero-order chi connectivity index (χ0) is 23.4. The van der Waals surface area contributed by atoms with Crippen molar-refractivity contribution in [2.75, 3.05) is 13.2 Å². The zero-order valence-corrected chi connectivity index (χ0v) is 18.8. The molecule has 0 aromatic heterocycles. The van der Waals surface area contributed by atoms with Crippen LogP contribution in [0.3, 0.4) is 0 Å². The van der Waals surface area contributed by atoms with Crippen molar-refractivity contribution in [1.82, 2.24) is 0 Å². The number of rotatable bonds is 6. The van der Waals surface area contributed by atoms with Gasteiger partial charge in [0.05, 0.1) is 13.2 Å². The third-order valence-electron chi connectivity index (χ3n) is 6.01. The van der Waals surface area contributed by atoms with E-state index in [4.69, 9.17) is 9.47 Å². The Labute approximate surface area is 192 Å². The number of ether oxygens (including phenoxy) is 2. The maximum Gasteiger partial charge on any atom is 0.166 e. The molecule has 0 unspecified atom stereocenters. The second-order valence-corrected chi connectivity index (χ2v) is 8.26. The number of allylic oxidation sites excluding steroid dienone is 2. The molecule has 3 aromatic rings. The van der Waals surface area contributed by atoms with Gasteiger partial charge in [-0.05, 0) is 55.0 Å². The first-order valence-electron chi connectivity index (χ1n) is 11.2. The Morgan fingerprint density at radius 1 is 0.848 bits per heavy atom. The zero-order valence-electron chi connectivity index (χ0n) is 18.8. The van der Waals surface area contributed by atoms with E-state index in [2.05, 4.69) is 0 Å². The molecule has 1 heterocycles. The van der Waals surface area contributed by atoms with Crippen LogP contribution in [0.1, 0.15) is 37.3 Å². The highest BCUT2D eigenvalue weighted by molar-refractivity contribution is 5.71. The molecule has 33 heavy (non-hydrogen) atoms. The Morgan fingerprint density at radius 2 is 1.48 bits per heavy atom. The smallest absolute Gasteiger partial charge is 0.166 e. The quantitative estimate of drug-likeness (QED) is 0.362. The Balaban J connectivity index is 1.53. The molecular weight excluding hydrogens is 425 g/mol. The highest BCUT2D eigenvalue weighted by Gasteiger charge is 2.22. The molecule has 0 spiro atoms. The third-order valence-corrected chi connectivity index (χ3v) is 6.01. The van der Waals surface area contributed by atoms with E-state index in [0.29, 0.717) is 48.3 Å². The van der Waals surface area contributed by atoms with Gasteiger partial charge >= 0.3 is 0 Å².